The molecular weight excluding hydrogens is 408 g/mol. The number of hydrogen-bond acceptors (Lipinski definition) is 5. The predicted molar refractivity (Wildman–Crippen MR) is 121 cm³/mol. The van der Waals surface area contributed by atoms with E-state index in [0.717, 1.165) is 22.0 Å². The lowest BCUT2D eigenvalue weighted by Gasteiger charge is -2.16. The van der Waals surface area contributed by atoms with Gasteiger partial charge in [0.1, 0.15) is 11.9 Å². The zero-order valence-corrected chi connectivity index (χ0v) is 18.5. The molecule has 2 heterocycles. The number of amides is 1. The maximum absolute atomic E-state index is 12.8. The van der Waals surface area contributed by atoms with Crippen LogP contribution in [0.5, 0.6) is 0 Å². The Labute approximate surface area is 185 Å². The molecule has 2 N–H and O–H groups in total. The van der Waals surface area contributed by atoms with Gasteiger partial charge in [-0.15, -0.1) is 0 Å². The van der Waals surface area contributed by atoms with Crippen molar-refractivity contribution < 1.29 is 4.79 Å². The highest BCUT2D eigenvalue weighted by Gasteiger charge is 2.21. The number of carbonyl (C=O) groups excluding carboxylic acids is 1. The van der Waals surface area contributed by atoms with Gasteiger partial charge in [0, 0.05) is 12.4 Å². The molecule has 8 heteroatoms. The summed E-state index contributed by atoms with van der Waals surface area (Å²) >= 11 is 1.40. The highest BCUT2D eigenvalue weighted by molar-refractivity contribution is 7.99. The van der Waals surface area contributed by atoms with Gasteiger partial charge in [-0.05, 0) is 43.5 Å². The van der Waals surface area contributed by atoms with Crippen molar-refractivity contribution in [3.8, 4) is 5.69 Å². The number of rotatable bonds is 7. The summed E-state index contributed by atoms with van der Waals surface area (Å²) in [7, 11) is 0. The SMILES string of the molecule is Cc1ccc(C)c(-n2ccnc2SCC(=O)NC(c2ccccc2)c2n[nH]c(C)n2)c1. The van der Waals surface area contributed by atoms with E-state index in [0.29, 0.717) is 11.6 Å². The van der Waals surface area contributed by atoms with Crippen LogP contribution in [-0.2, 0) is 4.79 Å². The molecule has 4 rings (SSSR count). The van der Waals surface area contributed by atoms with Crippen molar-refractivity contribution in [2.24, 2.45) is 0 Å². The van der Waals surface area contributed by atoms with Crippen molar-refractivity contribution in [2.45, 2.75) is 32.0 Å². The molecule has 4 aromatic rings. The molecule has 7 nitrogen and oxygen atoms in total. The number of carbonyl (C=O) groups is 1. The van der Waals surface area contributed by atoms with Crippen LogP contribution in [0, 0.1) is 20.8 Å². The van der Waals surface area contributed by atoms with Gasteiger partial charge in [0.25, 0.3) is 0 Å². The summed E-state index contributed by atoms with van der Waals surface area (Å²) in [5, 5.41) is 10.9. The van der Waals surface area contributed by atoms with Gasteiger partial charge in [0.15, 0.2) is 11.0 Å². The first-order valence-corrected chi connectivity index (χ1v) is 11.0. The first kappa shape index (κ1) is 20.9. The lowest BCUT2D eigenvalue weighted by atomic mass is 10.1. The van der Waals surface area contributed by atoms with Gasteiger partial charge in [0.05, 0.1) is 11.4 Å². The number of thioether (sulfide) groups is 1. The molecule has 2 aromatic carbocycles. The van der Waals surface area contributed by atoms with Gasteiger partial charge in [-0.2, -0.15) is 5.10 Å². The normalized spacial score (nSPS) is 12.0. The molecule has 0 radical (unpaired) electrons. The minimum absolute atomic E-state index is 0.114. The molecule has 0 aliphatic carbocycles. The number of aromatic nitrogens is 5. The highest BCUT2D eigenvalue weighted by atomic mass is 32.2. The fourth-order valence-electron chi connectivity index (χ4n) is 3.32. The molecule has 0 aliphatic heterocycles. The summed E-state index contributed by atoms with van der Waals surface area (Å²) in [6.45, 7) is 5.97. The summed E-state index contributed by atoms with van der Waals surface area (Å²) in [4.78, 5) is 21.7. The van der Waals surface area contributed by atoms with E-state index in [4.69, 9.17) is 0 Å². The number of benzene rings is 2. The maximum atomic E-state index is 12.8. The largest absolute Gasteiger partial charge is 0.341 e. The molecule has 158 valence electrons. The summed E-state index contributed by atoms with van der Waals surface area (Å²) in [5.41, 5.74) is 4.32. The van der Waals surface area contributed by atoms with E-state index in [1.165, 1.54) is 17.3 Å². The van der Waals surface area contributed by atoms with E-state index in [9.17, 15) is 4.79 Å². The highest BCUT2D eigenvalue weighted by Crippen LogP contribution is 2.24. The van der Waals surface area contributed by atoms with E-state index in [1.807, 2.05) is 48.0 Å². The van der Waals surface area contributed by atoms with Crippen molar-refractivity contribution in [1.82, 2.24) is 30.0 Å². The van der Waals surface area contributed by atoms with Crippen LogP contribution in [0.3, 0.4) is 0 Å². The van der Waals surface area contributed by atoms with Gasteiger partial charge < -0.3 is 5.32 Å². The second-order valence-corrected chi connectivity index (χ2v) is 8.29. The molecule has 0 saturated carbocycles. The fourth-order valence-corrected chi connectivity index (χ4v) is 4.10. The molecule has 1 amide bonds. The predicted octanol–water partition coefficient (Wildman–Crippen LogP) is 3.91. The molecule has 31 heavy (non-hydrogen) atoms. The number of H-pyrrole nitrogens is 1. The lowest BCUT2D eigenvalue weighted by Crippen LogP contribution is -2.31. The summed E-state index contributed by atoms with van der Waals surface area (Å²) in [6, 6.07) is 15.6. The van der Waals surface area contributed by atoms with E-state index in [1.54, 1.807) is 6.20 Å². The van der Waals surface area contributed by atoms with Gasteiger partial charge in [-0.1, -0.05) is 54.2 Å². The van der Waals surface area contributed by atoms with Crippen molar-refractivity contribution in [2.75, 3.05) is 5.75 Å². The van der Waals surface area contributed by atoms with Gasteiger partial charge in [0.2, 0.25) is 5.91 Å². The monoisotopic (exact) mass is 432 g/mol. The Morgan fingerprint density at radius 2 is 1.97 bits per heavy atom. The zero-order chi connectivity index (χ0) is 21.8. The Morgan fingerprint density at radius 3 is 2.71 bits per heavy atom. The van der Waals surface area contributed by atoms with Gasteiger partial charge in [-0.3, -0.25) is 14.5 Å². The molecular formula is C23H24N6OS. The van der Waals surface area contributed by atoms with Gasteiger partial charge in [-0.25, -0.2) is 9.97 Å². The Balaban J connectivity index is 1.49. The minimum atomic E-state index is -0.419. The van der Waals surface area contributed by atoms with E-state index in [-0.39, 0.29) is 11.7 Å². The molecule has 0 fully saturated rings. The van der Waals surface area contributed by atoms with Crippen LogP contribution in [0.4, 0.5) is 0 Å². The number of aromatic amines is 1. The third kappa shape index (κ3) is 4.86. The topological polar surface area (TPSA) is 88.5 Å². The smallest absolute Gasteiger partial charge is 0.231 e. The van der Waals surface area contributed by atoms with Crippen LogP contribution in [0.2, 0.25) is 0 Å². The van der Waals surface area contributed by atoms with E-state index < -0.39 is 6.04 Å². The second kappa shape index (κ2) is 9.18. The van der Waals surface area contributed by atoms with Crippen LogP contribution < -0.4 is 5.32 Å². The Hall–Kier alpha value is -3.39. The zero-order valence-electron chi connectivity index (χ0n) is 17.7. The van der Waals surface area contributed by atoms with Crippen LogP contribution >= 0.6 is 11.8 Å². The summed E-state index contributed by atoms with van der Waals surface area (Å²) < 4.78 is 2.02. The molecule has 2 aromatic heterocycles. The minimum Gasteiger partial charge on any atom is -0.341 e. The molecule has 0 aliphatic rings. The molecule has 0 bridgehead atoms. The lowest BCUT2D eigenvalue weighted by molar-refractivity contribution is -0.119. The third-order valence-electron chi connectivity index (χ3n) is 4.87. The van der Waals surface area contributed by atoms with Crippen molar-refractivity contribution in [3.05, 3.63) is 89.3 Å². The quantitative estimate of drug-likeness (QED) is 0.432. The molecule has 0 spiro atoms. The maximum Gasteiger partial charge on any atom is 0.231 e. The Bertz CT molecular complexity index is 1180. The number of nitrogens with one attached hydrogen (secondary N) is 2. The Morgan fingerprint density at radius 1 is 1.16 bits per heavy atom. The van der Waals surface area contributed by atoms with Crippen molar-refractivity contribution >= 4 is 17.7 Å². The molecule has 1 unspecified atom stereocenters. The van der Waals surface area contributed by atoms with E-state index >= 15 is 0 Å². The van der Waals surface area contributed by atoms with Crippen LogP contribution in [0.25, 0.3) is 5.69 Å². The average molecular weight is 433 g/mol. The van der Waals surface area contributed by atoms with Crippen LogP contribution in [-0.4, -0.2) is 36.4 Å². The second-order valence-electron chi connectivity index (χ2n) is 7.35. The summed E-state index contributed by atoms with van der Waals surface area (Å²) in [6.07, 6.45) is 3.68. The Kier molecular flexibility index (Phi) is 6.18. The van der Waals surface area contributed by atoms with Crippen molar-refractivity contribution in [1.29, 1.82) is 0 Å². The molecule has 1 atom stereocenters. The van der Waals surface area contributed by atoms with Gasteiger partial charge >= 0.3 is 0 Å². The molecule has 0 saturated heterocycles. The number of nitrogens with zero attached hydrogens (tertiary/aromatic N) is 4. The summed E-state index contributed by atoms with van der Waals surface area (Å²) in [5.74, 6) is 1.36. The van der Waals surface area contributed by atoms with Crippen LogP contribution in [0.15, 0.2) is 66.1 Å². The van der Waals surface area contributed by atoms with Crippen LogP contribution in [0.1, 0.15) is 34.4 Å². The third-order valence-corrected chi connectivity index (χ3v) is 5.84. The number of aryl methyl sites for hydroxylation is 3. The first-order chi connectivity index (χ1) is 15.0. The standard InChI is InChI=1S/C23H24N6OS/c1-15-9-10-16(2)19(13-15)29-12-11-24-23(29)31-14-20(30)26-21(18-7-5-4-6-8-18)22-25-17(3)27-28-22/h4-13,21H,14H2,1-3H3,(H,26,30)(H,25,27,28). The average Bonchev–Trinajstić information content (AvgIpc) is 3.42. The number of hydrogen-bond donors (Lipinski definition) is 2. The van der Waals surface area contributed by atoms with E-state index in [2.05, 4.69) is 57.5 Å². The van der Waals surface area contributed by atoms with Crippen molar-refractivity contribution in [3.63, 3.8) is 0 Å². The first-order valence-electron chi connectivity index (χ1n) is 9.98. The number of imidazole rings is 1. The fraction of sp³-hybridized carbons (Fsp3) is 0.217.